The molecular formula is C19H12N2O. The van der Waals surface area contributed by atoms with Gasteiger partial charge in [0, 0.05) is 10.9 Å². The average molecular weight is 284 g/mol. The lowest BCUT2D eigenvalue weighted by Gasteiger charge is -2.24. The number of fused-ring (bicyclic) bond motifs is 4. The van der Waals surface area contributed by atoms with Crippen LogP contribution in [0.1, 0.15) is 21.5 Å². The molecule has 0 fully saturated rings. The van der Waals surface area contributed by atoms with Crippen LogP contribution in [0.4, 0.5) is 11.4 Å². The first kappa shape index (κ1) is 11.7. The summed E-state index contributed by atoms with van der Waals surface area (Å²) in [4.78, 5) is 19.4. The lowest BCUT2D eigenvalue weighted by molar-refractivity contribution is 0.101. The van der Waals surface area contributed by atoms with Crippen LogP contribution in [0.3, 0.4) is 0 Å². The molecule has 1 amide bonds. The number of nitrogens with zero attached hydrogens (tertiary/aromatic N) is 2. The van der Waals surface area contributed by atoms with Crippen molar-refractivity contribution in [2.75, 3.05) is 4.90 Å². The molecule has 0 N–H and O–H groups in total. The van der Waals surface area contributed by atoms with Crippen LogP contribution in [0.15, 0.2) is 59.6 Å². The van der Waals surface area contributed by atoms with E-state index >= 15 is 0 Å². The van der Waals surface area contributed by atoms with E-state index in [1.165, 1.54) is 0 Å². The van der Waals surface area contributed by atoms with Crippen LogP contribution >= 0.6 is 0 Å². The van der Waals surface area contributed by atoms with E-state index < -0.39 is 0 Å². The highest BCUT2D eigenvalue weighted by molar-refractivity contribution is 6.39. The van der Waals surface area contributed by atoms with Gasteiger partial charge in [-0.05, 0) is 30.5 Å². The zero-order chi connectivity index (χ0) is 14.8. The molecule has 0 spiro atoms. The zero-order valence-electron chi connectivity index (χ0n) is 12.0. The Hall–Kier alpha value is -2.94. The van der Waals surface area contributed by atoms with Gasteiger partial charge in [0.2, 0.25) is 0 Å². The third-order valence-electron chi connectivity index (χ3n) is 4.39. The van der Waals surface area contributed by atoms with E-state index in [9.17, 15) is 4.79 Å². The first-order valence-electron chi connectivity index (χ1n) is 7.30. The summed E-state index contributed by atoms with van der Waals surface area (Å²) in [7, 11) is 0. The van der Waals surface area contributed by atoms with E-state index in [0.717, 1.165) is 44.7 Å². The highest BCUT2D eigenvalue weighted by Crippen LogP contribution is 2.42. The predicted octanol–water partition coefficient (Wildman–Crippen LogP) is 4.20. The quantitative estimate of drug-likeness (QED) is 0.609. The number of aliphatic imine (C=N–C) groups is 1. The molecule has 3 heteroatoms. The second-order valence-electron chi connectivity index (χ2n) is 5.78. The van der Waals surface area contributed by atoms with E-state index in [2.05, 4.69) is 12.1 Å². The van der Waals surface area contributed by atoms with Crippen LogP contribution < -0.4 is 4.90 Å². The number of hydrogen-bond acceptors (Lipinski definition) is 2. The zero-order valence-corrected chi connectivity index (χ0v) is 12.0. The standard InChI is InChI=1S/C19H12N2O/c1-11-8-9-13-14(10-11)19(22)21-16-7-3-5-12-4-2-6-15(17(12)16)20-18(13)21/h2-10H,1H3. The van der Waals surface area contributed by atoms with Gasteiger partial charge in [0.05, 0.1) is 16.9 Å². The largest absolute Gasteiger partial charge is 0.268 e. The van der Waals surface area contributed by atoms with Crippen LogP contribution in [-0.4, -0.2) is 11.7 Å². The van der Waals surface area contributed by atoms with Crippen molar-refractivity contribution in [3.05, 3.63) is 71.3 Å². The molecule has 3 aromatic carbocycles. The Morgan fingerprint density at radius 3 is 2.64 bits per heavy atom. The number of rotatable bonds is 0. The summed E-state index contributed by atoms with van der Waals surface area (Å²) >= 11 is 0. The summed E-state index contributed by atoms with van der Waals surface area (Å²) in [5.74, 6) is 0.755. The molecule has 0 radical (unpaired) electrons. The fourth-order valence-electron chi connectivity index (χ4n) is 3.40. The second-order valence-corrected chi connectivity index (χ2v) is 5.78. The number of benzene rings is 3. The highest BCUT2D eigenvalue weighted by atomic mass is 16.2. The number of anilines is 1. The molecular weight excluding hydrogens is 272 g/mol. The lowest BCUT2D eigenvalue weighted by Crippen LogP contribution is -2.31. The van der Waals surface area contributed by atoms with Crippen molar-refractivity contribution in [2.24, 2.45) is 4.99 Å². The van der Waals surface area contributed by atoms with Crippen molar-refractivity contribution in [1.82, 2.24) is 0 Å². The molecule has 2 aliphatic heterocycles. The smallest absolute Gasteiger partial charge is 0.264 e. The molecule has 0 bridgehead atoms. The molecule has 5 rings (SSSR count). The Bertz CT molecular complexity index is 1010. The fraction of sp³-hybridized carbons (Fsp3) is 0.0526. The van der Waals surface area contributed by atoms with Crippen LogP contribution in [0, 0.1) is 6.92 Å². The summed E-state index contributed by atoms with van der Waals surface area (Å²) in [5, 5.41) is 2.16. The maximum absolute atomic E-state index is 12.9. The van der Waals surface area contributed by atoms with Crippen LogP contribution in [0.5, 0.6) is 0 Å². The van der Waals surface area contributed by atoms with Gasteiger partial charge >= 0.3 is 0 Å². The molecule has 0 atom stereocenters. The van der Waals surface area contributed by atoms with Crippen molar-refractivity contribution in [3.8, 4) is 0 Å². The highest BCUT2D eigenvalue weighted by Gasteiger charge is 2.37. The van der Waals surface area contributed by atoms with Gasteiger partial charge in [-0.2, -0.15) is 0 Å². The Morgan fingerprint density at radius 1 is 0.955 bits per heavy atom. The second kappa shape index (κ2) is 3.83. The molecule has 0 unspecified atom stereocenters. The van der Waals surface area contributed by atoms with Crippen molar-refractivity contribution in [3.63, 3.8) is 0 Å². The third kappa shape index (κ3) is 1.31. The maximum atomic E-state index is 12.9. The van der Waals surface area contributed by atoms with E-state index in [1.54, 1.807) is 4.90 Å². The average Bonchev–Trinajstić information content (AvgIpc) is 2.81. The molecule has 0 aliphatic carbocycles. The van der Waals surface area contributed by atoms with Gasteiger partial charge in [0.15, 0.2) is 0 Å². The monoisotopic (exact) mass is 284 g/mol. The van der Waals surface area contributed by atoms with E-state index in [1.807, 2.05) is 49.4 Å². The van der Waals surface area contributed by atoms with Crippen molar-refractivity contribution < 1.29 is 4.79 Å². The number of aryl methyl sites for hydroxylation is 1. The van der Waals surface area contributed by atoms with Gasteiger partial charge in [-0.1, -0.05) is 42.0 Å². The molecule has 2 aliphatic rings. The van der Waals surface area contributed by atoms with Gasteiger partial charge in [-0.3, -0.25) is 9.69 Å². The van der Waals surface area contributed by atoms with Crippen LogP contribution in [-0.2, 0) is 0 Å². The topological polar surface area (TPSA) is 32.7 Å². The number of hydrogen-bond donors (Lipinski definition) is 0. The molecule has 0 saturated heterocycles. The number of amides is 1. The van der Waals surface area contributed by atoms with E-state index in [4.69, 9.17) is 4.99 Å². The first-order chi connectivity index (χ1) is 10.7. The molecule has 3 nitrogen and oxygen atoms in total. The Balaban J connectivity index is 1.90. The molecule has 0 saturated carbocycles. The Labute approximate surface area is 127 Å². The predicted molar refractivity (Wildman–Crippen MR) is 88.1 cm³/mol. The summed E-state index contributed by atoms with van der Waals surface area (Å²) in [5.41, 5.74) is 4.60. The molecule has 22 heavy (non-hydrogen) atoms. The molecule has 2 heterocycles. The first-order valence-corrected chi connectivity index (χ1v) is 7.30. The summed E-state index contributed by atoms with van der Waals surface area (Å²) in [6, 6.07) is 18.1. The summed E-state index contributed by atoms with van der Waals surface area (Å²) in [6.45, 7) is 2.00. The minimum atomic E-state index is 0.0134. The van der Waals surface area contributed by atoms with E-state index in [0.29, 0.717) is 0 Å². The fourth-order valence-corrected chi connectivity index (χ4v) is 3.40. The number of carbonyl (C=O) groups excluding carboxylic acids is 1. The van der Waals surface area contributed by atoms with Crippen molar-refractivity contribution in [2.45, 2.75) is 6.92 Å². The SMILES string of the molecule is Cc1ccc2c(c1)C(=O)N1C2=Nc2cccc3cccc1c23. The molecule has 104 valence electrons. The molecule has 3 aromatic rings. The van der Waals surface area contributed by atoms with Crippen LogP contribution in [0.25, 0.3) is 10.8 Å². The number of carbonyl (C=O) groups is 1. The Morgan fingerprint density at radius 2 is 1.77 bits per heavy atom. The minimum absolute atomic E-state index is 0.0134. The third-order valence-corrected chi connectivity index (χ3v) is 4.39. The van der Waals surface area contributed by atoms with Gasteiger partial charge in [-0.15, -0.1) is 0 Å². The van der Waals surface area contributed by atoms with Gasteiger partial charge in [0.1, 0.15) is 5.84 Å². The van der Waals surface area contributed by atoms with Gasteiger partial charge < -0.3 is 0 Å². The number of amidine groups is 1. The van der Waals surface area contributed by atoms with Crippen LogP contribution in [0.2, 0.25) is 0 Å². The summed E-state index contributed by atoms with van der Waals surface area (Å²) in [6.07, 6.45) is 0. The van der Waals surface area contributed by atoms with Crippen molar-refractivity contribution in [1.29, 1.82) is 0 Å². The normalized spacial score (nSPS) is 14.9. The molecule has 0 aromatic heterocycles. The van der Waals surface area contributed by atoms with Gasteiger partial charge in [0.25, 0.3) is 5.91 Å². The van der Waals surface area contributed by atoms with Gasteiger partial charge in [-0.25, -0.2) is 4.99 Å². The van der Waals surface area contributed by atoms with Crippen molar-refractivity contribution >= 4 is 33.9 Å². The lowest BCUT2D eigenvalue weighted by atomic mass is 10.0. The summed E-state index contributed by atoms with van der Waals surface area (Å²) < 4.78 is 0. The minimum Gasteiger partial charge on any atom is -0.268 e. The maximum Gasteiger partial charge on any atom is 0.264 e. The Kier molecular flexibility index (Phi) is 2.03. The van der Waals surface area contributed by atoms with E-state index in [-0.39, 0.29) is 5.91 Å².